The molecule has 0 aliphatic carbocycles. The first kappa shape index (κ1) is 13.9. The van der Waals surface area contributed by atoms with Gasteiger partial charge in [-0.3, -0.25) is 0 Å². The Morgan fingerprint density at radius 3 is 2.95 bits per heavy atom. The first-order valence-electron chi connectivity index (χ1n) is 7.38. The Hall–Kier alpha value is -2.01. The summed E-state index contributed by atoms with van der Waals surface area (Å²) in [4.78, 5) is 4.24. The van der Waals surface area contributed by atoms with Crippen molar-refractivity contribution in [1.82, 2.24) is 10.3 Å². The zero-order chi connectivity index (χ0) is 14.5. The molecule has 0 saturated heterocycles. The molecule has 21 heavy (non-hydrogen) atoms. The van der Waals surface area contributed by atoms with Gasteiger partial charge in [0.2, 0.25) is 5.89 Å². The Morgan fingerprint density at radius 2 is 2.10 bits per heavy atom. The topological polar surface area (TPSA) is 56.5 Å². The molecule has 5 heteroatoms. The number of benzene rings is 1. The number of rotatable bonds is 5. The summed E-state index contributed by atoms with van der Waals surface area (Å²) in [6.07, 6.45) is 3.56. The molecule has 1 N–H and O–H groups in total. The molecule has 1 aliphatic rings. The zero-order valence-corrected chi connectivity index (χ0v) is 12.2. The first-order valence-corrected chi connectivity index (χ1v) is 7.38. The number of aromatic nitrogens is 1. The lowest BCUT2D eigenvalue weighted by Crippen LogP contribution is -2.14. The van der Waals surface area contributed by atoms with Crippen LogP contribution in [0.4, 0.5) is 0 Å². The van der Waals surface area contributed by atoms with Crippen LogP contribution in [0.5, 0.6) is 11.5 Å². The van der Waals surface area contributed by atoms with E-state index in [0.717, 1.165) is 35.7 Å². The molecule has 5 nitrogen and oxygen atoms in total. The van der Waals surface area contributed by atoms with Crippen molar-refractivity contribution in [3.05, 3.63) is 41.6 Å². The van der Waals surface area contributed by atoms with Gasteiger partial charge in [-0.05, 0) is 6.07 Å². The zero-order valence-electron chi connectivity index (χ0n) is 12.2. The van der Waals surface area contributed by atoms with Crippen LogP contribution in [0, 0.1) is 0 Å². The molecule has 0 spiro atoms. The Kier molecular flexibility index (Phi) is 4.40. The van der Waals surface area contributed by atoms with Crippen molar-refractivity contribution in [3.63, 3.8) is 0 Å². The number of para-hydroxylation sites is 1. The average molecular weight is 288 g/mol. The van der Waals surface area contributed by atoms with Crippen LogP contribution in [-0.4, -0.2) is 18.2 Å². The normalized spacial score (nSPS) is 14.0. The van der Waals surface area contributed by atoms with E-state index in [9.17, 15) is 0 Å². The Balaban J connectivity index is 1.62. The monoisotopic (exact) mass is 288 g/mol. The van der Waals surface area contributed by atoms with Crippen LogP contribution < -0.4 is 14.8 Å². The van der Waals surface area contributed by atoms with Gasteiger partial charge < -0.3 is 19.2 Å². The summed E-state index contributed by atoms with van der Waals surface area (Å²) in [5, 5.41) is 3.33. The van der Waals surface area contributed by atoms with Crippen LogP contribution in [0.2, 0.25) is 0 Å². The summed E-state index contributed by atoms with van der Waals surface area (Å²) in [5.74, 6) is 3.31. The molecule has 2 heterocycles. The molecule has 0 atom stereocenters. The number of nitrogens with zero attached hydrogens (tertiary/aromatic N) is 1. The number of aryl methyl sites for hydroxylation is 1. The van der Waals surface area contributed by atoms with Crippen LogP contribution in [0.25, 0.3) is 0 Å². The van der Waals surface area contributed by atoms with Crippen molar-refractivity contribution in [2.45, 2.75) is 32.9 Å². The fraction of sp³-hybridized carbons (Fsp3) is 0.438. The highest BCUT2D eigenvalue weighted by Gasteiger charge is 2.14. The minimum Gasteiger partial charge on any atom is -0.490 e. The van der Waals surface area contributed by atoms with Gasteiger partial charge in [0.25, 0.3) is 0 Å². The third-order valence-corrected chi connectivity index (χ3v) is 3.39. The number of ether oxygens (including phenoxy) is 2. The fourth-order valence-electron chi connectivity index (χ4n) is 2.29. The number of hydrogen-bond acceptors (Lipinski definition) is 5. The molecule has 0 amide bonds. The number of oxazole rings is 1. The number of hydrogen-bond donors (Lipinski definition) is 1. The second-order valence-corrected chi connectivity index (χ2v) is 4.97. The van der Waals surface area contributed by atoms with E-state index in [0.29, 0.717) is 32.2 Å². The highest BCUT2D eigenvalue weighted by atomic mass is 16.5. The van der Waals surface area contributed by atoms with Gasteiger partial charge >= 0.3 is 0 Å². The molecular formula is C16H20N2O3. The highest BCUT2D eigenvalue weighted by Crippen LogP contribution is 2.33. The summed E-state index contributed by atoms with van der Waals surface area (Å²) in [5.41, 5.74) is 1.09. The molecule has 112 valence electrons. The van der Waals surface area contributed by atoms with Crippen molar-refractivity contribution in [1.29, 1.82) is 0 Å². The molecule has 3 rings (SSSR count). The minimum absolute atomic E-state index is 0.602. The summed E-state index contributed by atoms with van der Waals surface area (Å²) in [7, 11) is 0. The van der Waals surface area contributed by atoms with E-state index in [1.54, 1.807) is 6.20 Å². The van der Waals surface area contributed by atoms with Crippen molar-refractivity contribution in [2.24, 2.45) is 0 Å². The predicted octanol–water partition coefficient (Wildman–Crippen LogP) is 2.69. The maximum Gasteiger partial charge on any atom is 0.208 e. The summed E-state index contributed by atoms with van der Waals surface area (Å²) < 4.78 is 17.1. The third-order valence-electron chi connectivity index (χ3n) is 3.39. The highest BCUT2D eigenvalue weighted by molar-refractivity contribution is 5.47. The Bertz CT molecular complexity index is 595. The standard InChI is InChI=1S/C16H20N2O3/c1-2-13-10-18-15(21-13)11-17-9-12-5-3-6-14-16(12)20-8-4-7-19-14/h3,5-6,10,17H,2,4,7-9,11H2,1H3. The molecular weight excluding hydrogens is 268 g/mol. The smallest absolute Gasteiger partial charge is 0.208 e. The van der Waals surface area contributed by atoms with Gasteiger partial charge in [-0.1, -0.05) is 19.1 Å². The van der Waals surface area contributed by atoms with Crippen LogP contribution in [0.1, 0.15) is 30.6 Å². The summed E-state index contributed by atoms with van der Waals surface area (Å²) >= 11 is 0. The van der Waals surface area contributed by atoms with E-state index in [4.69, 9.17) is 13.9 Å². The molecule has 0 unspecified atom stereocenters. The second-order valence-electron chi connectivity index (χ2n) is 4.97. The van der Waals surface area contributed by atoms with Crippen LogP contribution in [0.15, 0.2) is 28.8 Å². The van der Waals surface area contributed by atoms with Crippen molar-refractivity contribution >= 4 is 0 Å². The lowest BCUT2D eigenvalue weighted by molar-refractivity contribution is 0.296. The van der Waals surface area contributed by atoms with Gasteiger partial charge in [0, 0.05) is 24.9 Å². The first-order chi connectivity index (χ1) is 10.4. The molecule has 0 saturated carbocycles. The summed E-state index contributed by atoms with van der Waals surface area (Å²) in [6.45, 7) is 4.75. The Labute approximate surface area is 124 Å². The molecule has 0 radical (unpaired) electrons. The third kappa shape index (κ3) is 3.36. The van der Waals surface area contributed by atoms with Gasteiger partial charge in [-0.15, -0.1) is 0 Å². The van der Waals surface area contributed by atoms with E-state index in [-0.39, 0.29) is 0 Å². The van der Waals surface area contributed by atoms with Gasteiger partial charge in [-0.25, -0.2) is 4.98 Å². The molecule has 1 aromatic heterocycles. The molecule has 1 aromatic carbocycles. The van der Waals surface area contributed by atoms with Crippen LogP contribution >= 0.6 is 0 Å². The fourth-order valence-corrected chi connectivity index (χ4v) is 2.29. The number of nitrogens with one attached hydrogen (secondary N) is 1. The molecule has 0 bridgehead atoms. The Morgan fingerprint density at radius 1 is 1.19 bits per heavy atom. The second kappa shape index (κ2) is 6.63. The largest absolute Gasteiger partial charge is 0.490 e. The number of fused-ring (bicyclic) bond motifs is 1. The molecule has 1 aliphatic heterocycles. The summed E-state index contributed by atoms with van der Waals surface area (Å²) in [6, 6.07) is 5.99. The van der Waals surface area contributed by atoms with Crippen molar-refractivity contribution < 1.29 is 13.9 Å². The molecule has 2 aromatic rings. The van der Waals surface area contributed by atoms with Crippen LogP contribution in [-0.2, 0) is 19.5 Å². The quantitative estimate of drug-likeness (QED) is 0.916. The van der Waals surface area contributed by atoms with Gasteiger partial charge in [0.15, 0.2) is 11.5 Å². The van der Waals surface area contributed by atoms with E-state index in [2.05, 4.69) is 10.3 Å². The minimum atomic E-state index is 0.602. The van der Waals surface area contributed by atoms with Gasteiger partial charge in [-0.2, -0.15) is 0 Å². The maximum atomic E-state index is 5.80. The lowest BCUT2D eigenvalue weighted by Gasteiger charge is -2.12. The van der Waals surface area contributed by atoms with Gasteiger partial charge in [0.05, 0.1) is 26.0 Å². The van der Waals surface area contributed by atoms with E-state index in [1.165, 1.54) is 0 Å². The maximum absolute atomic E-state index is 5.80. The van der Waals surface area contributed by atoms with E-state index >= 15 is 0 Å². The van der Waals surface area contributed by atoms with Crippen LogP contribution in [0.3, 0.4) is 0 Å². The lowest BCUT2D eigenvalue weighted by atomic mass is 10.2. The SMILES string of the molecule is CCc1cnc(CNCc2cccc3c2OCCCO3)o1. The van der Waals surface area contributed by atoms with E-state index in [1.807, 2.05) is 25.1 Å². The predicted molar refractivity (Wildman–Crippen MR) is 78.5 cm³/mol. The van der Waals surface area contributed by atoms with Crippen molar-refractivity contribution in [3.8, 4) is 11.5 Å². The van der Waals surface area contributed by atoms with E-state index < -0.39 is 0 Å². The van der Waals surface area contributed by atoms with Crippen molar-refractivity contribution in [2.75, 3.05) is 13.2 Å². The van der Waals surface area contributed by atoms with Gasteiger partial charge in [0.1, 0.15) is 5.76 Å². The molecule has 0 fully saturated rings. The average Bonchev–Trinajstić information content (AvgIpc) is 2.83.